The van der Waals surface area contributed by atoms with Crippen molar-refractivity contribution >= 4 is 33.0 Å². The Bertz CT molecular complexity index is 440. The molecule has 78 valence electrons. The van der Waals surface area contributed by atoms with E-state index in [0.29, 0.717) is 0 Å². The van der Waals surface area contributed by atoms with E-state index in [-0.39, 0.29) is 0 Å². The first-order chi connectivity index (χ1) is 7.27. The van der Waals surface area contributed by atoms with Gasteiger partial charge in [0.25, 0.3) is 0 Å². The Labute approximate surface area is 101 Å². The van der Waals surface area contributed by atoms with E-state index in [2.05, 4.69) is 51.4 Å². The molecule has 0 amide bonds. The summed E-state index contributed by atoms with van der Waals surface area (Å²) in [5.41, 5.74) is 4.22. The molecule has 0 aliphatic rings. The van der Waals surface area contributed by atoms with Crippen molar-refractivity contribution in [1.82, 2.24) is 4.98 Å². The predicted molar refractivity (Wildman–Crippen MR) is 68.3 cm³/mol. The van der Waals surface area contributed by atoms with Gasteiger partial charge in [0.05, 0.1) is 12.1 Å². The van der Waals surface area contributed by atoms with Crippen molar-refractivity contribution in [3.05, 3.63) is 44.8 Å². The fourth-order valence-corrected chi connectivity index (χ4v) is 2.23. The number of rotatable bonds is 3. The van der Waals surface area contributed by atoms with Gasteiger partial charge in [-0.2, -0.15) is 0 Å². The number of benzene rings is 1. The molecule has 0 spiro atoms. The summed E-state index contributed by atoms with van der Waals surface area (Å²) in [7, 11) is 0. The van der Waals surface area contributed by atoms with Crippen LogP contribution in [0.1, 0.15) is 10.4 Å². The first-order valence-corrected chi connectivity index (χ1v) is 6.31. The molecule has 0 radical (unpaired) electrons. The van der Waals surface area contributed by atoms with Gasteiger partial charge in [0.1, 0.15) is 0 Å². The molecule has 4 heteroatoms. The molecule has 0 saturated carbocycles. The molecule has 2 rings (SSSR count). The van der Waals surface area contributed by atoms with Gasteiger partial charge in [-0.05, 0) is 34.5 Å². The van der Waals surface area contributed by atoms with Crippen LogP contribution in [0.5, 0.6) is 0 Å². The van der Waals surface area contributed by atoms with Gasteiger partial charge in [-0.1, -0.05) is 12.1 Å². The van der Waals surface area contributed by atoms with Crippen LogP contribution < -0.4 is 5.32 Å². The minimum atomic E-state index is 0.826. The van der Waals surface area contributed by atoms with Crippen LogP contribution in [0.4, 0.5) is 5.69 Å². The van der Waals surface area contributed by atoms with Gasteiger partial charge in [-0.15, -0.1) is 11.3 Å². The lowest BCUT2D eigenvalue weighted by Gasteiger charge is -2.08. The maximum Gasteiger partial charge on any atom is 0.0794 e. The highest BCUT2D eigenvalue weighted by atomic mass is 79.9. The molecule has 1 aromatic heterocycles. The van der Waals surface area contributed by atoms with E-state index in [4.69, 9.17) is 0 Å². The molecule has 0 saturated heterocycles. The number of aromatic nitrogens is 1. The van der Waals surface area contributed by atoms with Crippen molar-refractivity contribution < 1.29 is 0 Å². The molecule has 1 heterocycles. The van der Waals surface area contributed by atoms with Crippen LogP contribution in [0.25, 0.3) is 0 Å². The van der Waals surface area contributed by atoms with Gasteiger partial charge < -0.3 is 5.32 Å². The van der Waals surface area contributed by atoms with Crippen molar-refractivity contribution in [2.45, 2.75) is 13.5 Å². The van der Waals surface area contributed by atoms with Crippen LogP contribution in [0.2, 0.25) is 0 Å². The molecule has 0 unspecified atom stereocenters. The van der Waals surface area contributed by atoms with Crippen LogP contribution in [0, 0.1) is 6.92 Å². The van der Waals surface area contributed by atoms with Gasteiger partial charge in [0.2, 0.25) is 0 Å². The molecule has 0 atom stereocenters. The minimum Gasteiger partial charge on any atom is -0.379 e. The third-order valence-electron chi connectivity index (χ3n) is 2.13. The van der Waals surface area contributed by atoms with E-state index in [0.717, 1.165) is 16.7 Å². The van der Waals surface area contributed by atoms with E-state index in [9.17, 15) is 0 Å². The van der Waals surface area contributed by atoms with Gasteiger partial charge in [0, 0.05) is 21.2 Å². The van der Waals surface area contributed by atoms with E-state index in [1.54, 1.807) is 11.3 Å². The van der Waals surface area contributed by atoms with Crippen molar-refractivity contribution in [3.8, 4) is 0 Å². The summed E-state index contributed by atoms with van der Waals surface area (Å²) in [5, 5.41) is 3.38. The Morgan fingerprint density at radius 1 is 1.47 bits per heavy atom. The molecule has 1 N–H and O–H groups in total. The molecular weight excluding hydrogens is 272 g/mol. The summed E-state index contributed by atoms with van der Waals surface area (Å²) in [5.74, 6) is 0. The third kappa shape index (κ3) is 2.58. The Balaban J connectivity index is 2.08. The number of hydrogen-bond acceptors (Lipinski definition) is 3. The standard InChI is InChI=1S/C11H11BrN2S/c1-8-3-2-4-10(11(8)12)14-6-9-5-13-7-15-9/h2-5,7,14H,6H2,1H3. The summed E-state index contributed by atoms with van der Waals surface area (Å²) in [6, 6.07) is 6.20. The molecule has 0 fully saturated rings. The van der Waals surface area contributed by atoms with Crippen LogP contribution in [-0.2, 0) is 6.54 Å². The number of halogens is 1. The smallest absolute Gasteiger partial charge is 0.0794 e. The van der Waals surface area contributed by atoms with E-state index >= 15 is 0 Å². The number of nitrogens with one attached hydrogen (secondary N) is 1. The molecule has 15 heavy (non-hydrogen) atoms. The number of aryl methyl sites for hydroxylation is 1. The molecule has 0 bridgehead atoms. The van der Waals surface area contributed by atoms with Gasteiger partial charge >= 0.3 is 0 Å². The molecule has 2 nitrogen and oxygen atoms in total. The van der Waals surface area contributed by atoms with Crippen LogP contribution in [0.15, 0.2) is 34.4 Å². The van der Waals surface area contributed by atoms with Crippen molar-refractivity contribution in [3.63, 3.8) is 0 Å². The fraction of sp³-hybridized carbons (Fsp3) is 0.182. The van der Waals surface area contributed by atoms with Crippen molar-refractivity contribution in [2.24, 2.45) is 0 Å². The lowest BCUT2D eigenvalue weighted by Crippen LogP contribution is -1.98. The van der Waals surface area contributed by atoms with Crippen molar-refractivity contribution in [2.75, 3.05) is 5.32 Å². The Morgan fingerprint density at radius 3 is 3.07 bits per heavy atom. The van der Waals surface area contributed by atoms with Crippen LogP contribution in [0.3, 0.4) is 0 Å². The van der Waals surface area contributed by atoms with E-state index in [1.165, 1.54) is 10.4 Å². The summed E-state index contributed by atoms with van der Waals surface area (Å²) < 4.78 is 1.13. The second kappa shape index (κ2) is 4.77. The largest absolute Gasteiger partial charge is 0.379 e. The van der Waals surface area contributed by atoms with E-state index < -0.39 is 0 Å². The first kappa shape index (κ1) is 10.6. The van der Waals surface area contributed by atoms with Gasteiger partial charge in [-0.25, -0.2) is 0 Å². The topological polar surface area (TPSA) is 24.9 Å². The highest BCUT2D eigenvalue weighted by Gasteiger charge is 2.01. The average Bonchev–Trinajstić information content (AvgIpc) is 2.73. The SMILES string of the molecule is Cc1cccc(NCc2cncs2)c1Br. The molecular formula is C11H11BrN2S. The number of hydrogen-bond donors (Lipinski definition) is 1. The average molecular weight is 283 g/mol. The normalized spacial score (nSPS) is 10.3. The number of anilines is 1. The number of thiazole rings is 1. The zero-order chi connectivity index (χ0) is 10.7. The number of nitrogens with zero attached hydrogens (tertiary/aromatic N) is 1. The molecule has 1 aromatic carbocycles. The molecule has 0 aliphatic heterocycles. The summed E-state index contributed by atoms with van der Waals surface area (Å²) in [6.45, 7) is 2.91. The maximum absolute atomic E-state index is 4.04. The van der Waals surface area contributed by atoms with E-state index in [1.807, 2.05) is 11.7 Å². The summed E-state index contributed by atoms with van der Waals surface area (Å²) in [6.07, 6.45) is 1.89. The highest BCUT2D eigenvalue weighted by molar-refractivity contribution is 9.10. The quantitative estimate of drug-likeness (QED) is 0.926. The lowest BCUT2D eigenvalue weighted by atomic mass is 10.2. The Morgan fingerprint density at radius 2 is 2.33 bits per heavy atom. The second-order valence-electron chi connectivity index (χ2n) is 3.26. The van der Waals surface area contributed by atoms with Crippen LogP contribution in [-0.4, -0.2) is 4.98 Å². The summed E-state index contributed by atoms with van der Waals surface area (Å²) >= 11 is 5.23. The van der Waals surface area contributed by atoms with Crippen molar-refractivity contribution in [1.29, 1.82) is 0 Å². The highest BCUT2D eigenvalue weighted by Crippen LogP contribution is 2.26. The second-order valence-corrected chi connectivity index (χ2v) is 5.02. The zero-order valence-electron chi connectivity index (χ0n) is 8.33. The Kier molecular flexibility index (Phi) is 3.38. The molecule has 2 aromatic rings. The van der Waals surface area contributed by atoms with Gasteiger partial charge in [0.15, 0.2) is 0 Å². The predicted octanol–water partition coefficient (Wildman–Crippen LogP) is 3.83. The maximum atomic E-state index is 4.04. The fourth-order valence-electron chi connectivity index (χ4n) is 1.30. The van der Waals surface area contributed by atoms with Gasteiger partial charge in [-0.3, -0.25) is 4.98 Å². The monoisotopic (exact) mass is 282 g/mol. The molecule has 0 aliphatic carbocycles. The first-order valence-electron chi connectivity index (χ1n) is 4.64. The zero-order valence-corrected chi connectivity index (χ0v) is 10.7. The minimum absolute atomic E-state index is 0.826. The third-order valence-corrected chi connectivity index (χ3v) is 3.96. The van der Waals surface area contributed by atoms with Crippen LogP contribution >= 0.6 is 27.3 Å². The lowest BCUT2D eigenvalue weighted by molar-refractivity contribution is 1.17. The Hall–Kier alpha value is -0.870. The summed E-state index contributed by atoms with van der Waals surface area (Å²) in [4.78, 5) is 5.28.